The number of nitrogens with one attached hydrogen (secondary N) is 1. The third-order valence-corrected chi connectivity index (χ3v) is 3.57. The molecule has 6 nitrogen and oxygen atoms in total. The van der Waals surface area contributed by atoms with E-state index in [2.05, 4.69) is 10.4 Å². The number of nitrogens with zero attached hydrogens (tertiary/aromatic N) is 3. The molecule has 1 fully saturated rings. The molecule has 2 atom stereocenters. The van der Waals surface area contributed by atoms with Crippen LogP contribution in [0.4, 0.5) is 10.5 Å². The SMILES string of the molecule is C[C@@H]1CN(C(=O)Nc2cccc(-n3cccn3)c2)C[C@@H](C)O1. The van der Waals surface area contributed by atoms with Gasteiger partial charge in [-0.3, -0.25) is 0 Å². The Bertz CT molecular complexity index is 631. The molecule has 1 aliphatic heterocycles. The molecule has 2 heterocycles. The summed E-state index contributed by atoms with van der Waals surface area (Å²) in [5.41, 5.74) is 1.66. The van der Waals surface area contributed by atoms with E-state index < -0.39 is 0 Å². The van der Waals surface area contributed by atoms with Crippen molar-refractivity contribution in [2.45, 2.75) is 26.1 Å². The van der Waals surface area contributed by atoms with Crippen LogP contribution in [0.3, 0.4) is 0 Å². The van der Waals surface area contributed by atoms with Crippen LogP contribution in [0, 0.1) is 0 Å². The van der Waals surface area contributed by atoms with Crippen LogP contribution < -0.4 is 5.32 Å². The molecule has 1 N–H and O–H groups in total. The highest BCUT2D eigenvalue weighted by Crippen LogP contribution is 2.16. The van der Waals surface area contributed by atoms with Crippen molar-refractivity contribution >= 4 is 11.7 Å². The van der Waals surface area contributed by atoms with E-state index in [1.807, 2.05) is 50.4 Å². The number of carbonyl (C=O) groups excluding carboxylic acids is 1. The Morgan fingerprint density at radius 3 is 2.73 bits per heavy atom. The van der Waals surface area contributed by atoms with Crippen LogP contribution in [0.5, 0.6) is 0 Å². The van der Waals surface area contributed by atoms with Gasteiger partial charge in [0, 0.05) is 31.2 Å². The third-order valence-electron chi connectivity index (χ3n) is 3.57. The van der Waals surface area contributed by atoms with Gasteiger partial charge in [0.1, 0.15) is 0 Å². The first kappa shape index (κ1) is 14.6. The second-order valence-corrected chi connectivity index (χ2v) is 5.59. The number of benzene rings is 1. The Labute approximate surface area is 129 Å². The zero-order valence-electron chi connectivity index (χ0n) is 12.8. The number of anilines is 1. The van der Waals surface area contributed by atoms with E-state index in [9.17, 15) is 4.79 Å². The predicted molar refractivity (Wildman–Crippen MR) is 84.2 cm³/mol. The summed E-state index contributed by atoms with van der Waals surface area (Å²) in [7, 11) is 0. The molecule has 1 aliphatic rings. The highest BCUT2D eigenvalue weighted by molar-refractivity contribution is 5.89. The van der Waals surface area contributed by atoms with E-state index in [1.165, 1.54) is 0 Å². The Morgan fingerprint density at radius 2 is 2.05 bits per heavy atom. The first-order chi connectivity index (χ1) is 10.6. The molecule has 1 aromatic heterocycles. The number of carbonyl (C=O) groups is 1. The molecule has 6 heteroatoms. The summed E-state index contributed by atoms with van der Waals surface area (Å²) in [6, 6.07) is 9.39. The smallest absolute Gasteiger partial charge is 0.322 e. The fourth-order valence-corrected chi connectivity index (χ4v) is 2.69. The van der Waals surface area contributed by atoms with E-state index in [4.69, 9.17) is 4.74 Å². The van der Waals surface area contributed by atoms with Gasteiger partial charge in [-0.05, 0) is 38.1 Å². The summed E-state index contributed by atoms with van der Waals surface area (Å²) in [4.78, 5) is 14.2. The van der Waals surface area contributed by atoms with E-state index in [0.717, 1.165) is 11.4 Å². The molecule has 1 aromatic carbocycles. The second kappa shape index (κ2) is 6.19. The fraction of sp³-hybridized carbons (Fsp3) is 0.375. The van der Waals surface area contributed by atoms with Crippen molar-refractivity contribution in [3.8, 4) is 5.69 Å². The number of morpholine rings is 1. The van der Waals surface area contributed by atoms with Crippen LogP contribution in [0.15, 0.2) is 42.7 Å². The highest BCUT2D eigenvalue weighted by atomic mass is 16.5. The average Bonchev–Trinajstić information content (AvgIpc) is 3.00. The maximum absolute atomic E-state index is 12.4. The van der Waals surface area contributed by atoms with Gasteiger partial charge in [-0.15, -0.1) is 0 Å². The largest absolute Gasteiger partial charge is 0.372 e. The van der Waals surface area contributed by atoms with Crippen molar-refractivity contribution in [1.82, 2.24) is 14.7 Å². The predicted octanol–water partition coefficient (Wildman–Crippen LogP) is 2.51. The number of urea groups is 1. The number of aromatic nitrogens is 2. The summed E-state index contributed by atoms with van der Waals surface area (Å²) in [6.45, 7) is 5.17. The Balaban J connectivity index is 1.70. The number of ether oxygens (including phenoxy) is 1. The Morgan fingerprint density at radius 1 is 1.27 bits per heavy atom. The van der Waals surface area contributed by atoms with Crippen molar-refractivity contribution in [3.63, 3.8) is 0 Å². The zero-order valence-corrected chi connectivity index (χ0v) is 12.8. The quantitative estimate of drug-likeness (QED) is 0.927. The van der Waals surface area contributed by atoms with Gasteiger partial charge < -0.3 is 15.0 Å². The summed E-state index contributed by atoms with van der Waals surface area (Å²) in [6.07, 6.45) is 3.71. The third kappa shape index (κ3) is 3.28. The van der Waals surface area contributed by atoms with Gasteiger partial charge in [0.15, 0.2) is 0 Å². The second-order valence-electron chi connectivity index (χ2n) is 5.59. The maximum Gasteiger partial charge on any atom is 0.322 e. The van der Waals surface area contributed by atoms with Crippen molar-refractivity contribution in [3.05, 3.63) is 42.7 Å². The highest BCUT2D eigenvalue weighted by Gasteiger charge is 2.25. The topological polar surface area (TPSA) is 59.4 Å². The average molecular weight is 300 g/mol. The monoisotopic (exact) mass is 300 g/mol. The Hall–Kier alpha value is -2.34. The minimum atomic E-state index is -0.0976. The molecule has 0 bridgehead atoms. The van der Waals surface area contributed by atoms with Gasteiger partial charge in [0.25, 0.3) is 0 Å². The Kier molecular flexibility index (Phi) is 4.11. The van der Waals surface area contributed by atoms with Gasteiger partial charge in [0.2, 0.25) is 0 Å². The van der Waals surface area contributed by atoms with Gasteiger partial charge in [-0.1, -0.05) is 6.07 Å². The molecule has 1 saturated heterocycles. The fourth-order valence-electron chi connectivity index (χ4n) is 2.69. The molecule has 0 spiro atoms. The molecule has 2 amide bonds. The van der Waals surface area contributed by atoms with Crippen LogP contribution in [-0.4, -0.2) is 46.0 Å². The molecule has 3 rings (SSSR count). The minimum Gasteiger partial charge on any atom is -0.372 e. The molecule has 22 heavy (non-hydrogen) atoms. The van der Waals surface area contributed by atoms with E-state index >= 15 is 0 Å². The normalized spacial score (nSPS) is 21.6. The standard InChI is InChI=1S/C16H20N4O2/c1-12-10-19(11-13(2)22-12)16(21)18-14-5-3-6-15(9-14)20-8-4-7-17-20/h3-9,12-13H,10-11H2,1-2H3,(H,18,21)/t12-,13-/m1/s1. The number of amides is 2. The number of rotatable bonds is 2. The van der Waals surface area contributed by atoms with Gasteiger partial charge in [0.05, 0.1) is 17.9 Å². The lowest BCUT2D eigenvalue weighted by atomic mass is 10.2. The lowest BCUT2D eigenvalue weighted by Gasteiger charge is -2.35. The van der Waals surface area contributed by atoms with Crippen LogP contribution >= 0.6 is 0 Å². The van der Waals surface area contributed by atoms with Crippen molar-refractivity contribution in [2.24, 2.45) is 0 Å². The lowest BCUT2D eigenvalue weighted by Crippen LogP contribution is -2.49. The first-order valence-corrected chi connectivity index (χ1v) is 7.43. The molecule has 116 valence electrons. The van der Waals surface area contributed by atoms with E-state index in [1.54, 1.807) is 15.8 Å². The zero-order chi connectivity index (χ0) is 15.5. The van der Waals surface area contributed by atoms with Crippen LogP contribution in [0.1, 0.15) is 13.8 Å². The molecular weight excluding hydrogens is 280 g/mol. The van der Waals surface area contributed by atoms with Crippen LogP contribution in [0.2, 0.25) is 0 Å². The molecule has 2 aromatic rings. The molecule has 0 unspecified atom stereocenters. The molecule has 0 saturated carbocycles. The maximum atomic E-state index is 12.4. The molecule has 0 aliphatic carbocycles. The summed E-state index contributed by atoms with van der Waals surface area (Å²) in [5, 5.41) is 7.14. The lowest BCUT2D eigenvalue weighted by molar-refractivity contribution is -0.0530. The van der Waals surface area contributed by atoms with E-state index in [0.29, 0.717) is 13.1 Å². The van der Waals surface area contributed by atoms with Crippen molar-refractivity contribution in [1.29, 1.82) is 0 Å². The summed E-state index contributed by atoms with van der Waals surface area (Å²) in [5.74, 6) is 0. The minimum absolute atomic E-state index is 0.0601. The van der Waals surface area contributed by atoms with Gasteiger partial charge in [-0.2, -0.15) is 5.10 Å². The molecular formula is C16H20N4O2. The molecule has 0 radical (unpaired) electrons. The summed E-state index contributed by atoms with van der Waals surface area (Å²) < 4.78 is 7.41. The van der Waals surface area contributed by atoms with E-state index in [-0.39, 0.29) is 18.2 Å². The number of hydrogen-bond acceptors (Lipinski definition) is 3. The first-order valence-electron chi connectivity index (χ1n) is 7.43. The van der Waals surface area contributed by atoms with Crippen molar-refractivity contribution < 1.29 is 9.53 Å². The number of hydrogen-bond donors (Lipinski definition) is 1. The van der Waals surface area contributed by atoms with Gasteiger partial charge in [-0.25, -0.2) is 9.48 Å². The van der Waals surface area contributed by atoms with Gasteiger partial charge >= 0.3 is 6.03 Å². The summed E-state index contributed by atoms with van der Waals surface area (Å²) >= 11 is 0. The van der Waals surface area contributed by atoms with Crippen LogP contribution in [-0.2, 0) is 4.74 Å². The van der Waals surface area contributed by atoms with Crippen molar-refractivity contribution in [2.75, 3.05) is 18.4 Å². The van der Waals surface area contributed by atoms with Crippen LogP contribution in [0.25, 0.3) is 5.69 Å².